The summed E-state index contributed by atoms with van der Waals surface area (Å²) in [5, 5.41) is 3.72. The molecule has 0 aliphatic heterocycles. The summed E-state index contributed by atoms with van der Waals surface area (Å²) in [7, 11) is -3.84. The minimum atomic E-state index is -3.84. The third-order valence-electron chi connectivity index (χ3n) is 4.62. The Labute approximate surface area is 181 Å². The molecule has 30 heavy (non-hydrogen) atoms. The number of nitrogens with zero attached hydrogens (tertiary/aromatic N) is 1. The molecular formula is C21H24ClF2N3O2S. The first-order valence-electron chi connectivity index (χ1n) is 9.20. The molecule has 0 aliphatic rings. The molecule has 0 amide bonds. The van der Waals surface area contributed by atoms with Crippen molar-refractivity contribution in [2.24, 2.45) is 0 Å². The minimum absolute atomic E-state index is 0. The van der Waals surface area contributed by atoms with E-state index in [0.717, 1.165) is 16.3 Å². The van der Waals surface area contributed by atoms with Gasteiger partial charge >= 0.3 is 6.05 Å². The largest absolute Gasteiger partial charge is 0.306 e. The zero-order valence-electron chi connectivity index (χ0n) is 16.6. The molecule has 3 rings (SSSR count). The molecule has 2 N–H and O–H groups in total. The van der Waals surface area contributed by atoms with Crippen molar-refractivity contribution in [3.05, 3.63) is 72.1 Å². The Morgan fingerprint density at radius 2 is 1.83 bits per heavy atom. The molecule has 0 spiro atoms. The van der Waals surface area contributed by atoms with Crippen LogP contribution in [0.1, 0.15) is 18.1 Å². The molecule has 1 heterocycles. The maximum atomic E-state index is 14.3. The van der Waals surface area contributed by atoms with Crippen LogP contribution in [0.2, 0.25) is 0 Å². The average molecular weight is 456 g/mol. The summed E-state index contributed by atoms with van der Waals surface area (Å²) in [5.74, 6) is 0. The van der Waals surface area contributed by atoms with Gasteiger partial charge in [0.05, 0.1) is 11.3 Å². The summed E-state index contributed by atoms with van der Waals surface area (Å²) >= 11 is 0. The Morgan fingerprint density at radius 3 is 2.57 bits per heavy atom. The molecule has 0 saturated heterocycles. The van der Waals surface area contributed by atoms with Crippen molar-refractivity contribution in [2.75, 3.05) is 6.54 Å². The number of hydrogen-bond donors (Lipinski definition) is 2. The van der Waals surface area contributed by atoms with Gasteiger partial charge in [0.15, 0.2) is 0 Å². The van der Waals surface area contributed by atoms with Crippen LogP contribution in [-0.2, 0) is 16.4 Å². The van der Waals surface area contributed by atoms with Gasteiger partial charge in [0.2, 0.25) is 10.0 Å². The molecule has 0 saturated carbocycles. The summed E-state index contributed by atoms with van der Waals surface area (Å²) in [6, 6.07) is 9.46. The highest BCUT2D eigenvalue weighted by Gasteiger charge is 2.30. The van der Waals surface area contributed by atoms with E-state index in [1.165, 1.54) is 12.1 Å². The number of fused-ring (bicyclic) bond motifs is 1. The standard InChI is InChI=1S/C21H23F2N3O2S.ClH/c1-15-5-3-4-6-18(15)12-21(22,23)25-13-16(2)26-29(27,28)20-8-7-19-14-24-10-9-17(19)11-20;/h3-11,14,16,25-26H,12-13H2,1-2H3;1H. The number of halogens is 3. The quantitative estimate of drug-likeness (QED) is 0.502. The van der Waals surface area contributed by atoms with Gasteiger partial charge in [-0.25, -0.2) is 13.1 Å². The first-order chi connectivity index (χ1) is 13.7. The molecule has 1 atom stereocenters. The lowest BCUT2D eigenvalue weighted by atomic mass is 10.0. The highest BCUT2D eigenvalue weighted by Crippen LogP contribution is 2.20. The third-order valence-corrected chi connectivity index (χ3v) is 6.21. The van der Waals surface area contributed by atoms with E-state index in [9.17, 15) is 17.2 Å². The van der Waals surface area contributed by atoms with Crippen LogP contribution in [0, 0.1) is 6.92 Å². The van der Waals surface area contributed by atoms with Crippen LogP contribution in [0.3, 0.4) is 0 Å². The van der Waals surface area contributed by atoms with Gasteiger partial charge < -0.3 is 0 Å². The van der Waals surface area contributed by atoms with Crippen molar-refractivity contribution < 1.29 is 17.2 Å². The SMILES string of the molecule is Cc1ccccc1CC(F)(F)NCC(C)NS(=O)(=O)c1ccc2cnccc2c1.Cl. The van der Waals surface area contributed by atoms with E-state index in [1.807, 2.05) is 0 Å². The molecule has 0 aliphatic carbocycles. The summed E-state index contributed by atoms with van der Waals surface area (Å²) in [4.78, 5) is 4.07. The van der Waals surface area contributed by atoms with Gasteiger partial charge in [0.25, 0.3) is 0 Å². The highest BCUT2D eigenvalue weighted by molar-refractivity contribution is 7.89. The number of alkyl halides is 2. The third kappa shape index (κ3) is 6.18. The lowest BCUT2D eigenvalue weighted by molar-refractivity contribution is -0.0350. The molecule has 0 radical (unpaired) electrons. The van der Waals surface area contributed by atoms with Gasteiger partial charge in [-0.3, -0.25) is 10.3 Å². The number of pyridine rings is 1. The van der Waals surface area contributed by atoms with Gasteiger partial charge in [0.1, 0.15) is 0 Å². The van der Waals surface area contributed by atoms with E-state index in [4.69, 9.17) is 0 Å². The van der Waals surface area contributed by atoms with Crippen LogP contribution in [0.15, 0.2) is 65.8 Å². The normalized spacial score (nSPS) is 13.1. The fraction of sp³-hybridized carbons (Fsp3) is 0.286. The van der Waals surface area contributed by atoms with E-state index in [2.05, 4.69) is 15.0 Å². The van der Waals surface area contributed by atoms with Crippen molar-refractivity contribution >= 4 is 33.2 Å². The number of rotatable bonds is 8. The van der Waals surface area contributed by atoms with Crippen LogP contribution in [-0.4, -0.2) is 32.0 Å². The topological polar surface area (TPSA) is 71.1 Å². The second-order valence-corrected chi connectivity index (χ2v) is 8.81. The van der Waals surface area contributed by atoms with Crippen LogP contribution in [0.4, 0.5) is 8.78 Å². The molecule has 9 heteroatoms. The van der Waals surface area contributed by atoms with Crippen molar-refractivity contribution in [3.8, 4) is 0 Å². The molecular weight excluding hydrogens is 432 g/mol. The molecule has 1 aromatic heterocycles. The minimum Gasteiger partial charge on any atom is -0.264 e. The van der Waals surface area contributed by atoms with Crippen molar-refractivity contribution in [3.63, 3.8) is 0 Å². The van der Waals surface area contributed by atoms with Crippen LogP contribution in [0.5, 0.6) is 0 Å². The number of aromatic nitrogens is 1. The first kappa shape index (κ1) is 24.1. The summed E-state index contributed by atoms with van der Waals surface area (Å²) in [6.07, 6.45) is 2.76. The van der Waals surface area contributed by atoms with E-state index in [1.54, 1.807) is 62.6 Å². The monoisotopic (exact) mass is 455 g/mol. The van der Waals surface area contributed by atoms with E-state index in [0.29, 0.717) is 5.56 Å². The maximum Gasteiger partial charge on any atom is 0.306 e. The van der Waals surface area contributed by atoms with Gasteiger partial charge in [-0.05, 0) is 48.6 Å². The summed E-state index contributed by atoms with van der Waals surface area (Å²) < 4.78 is 56.2. The Bertz CT molecular complexity index is 1110. The number of sulfonamides is 1. The molecule has 0 fully saturated rings. The van der Waals surface area contributed by atoms with Gasteiger partial charge in [-0.1, -0.05) is 30.3 Å². The lowest BCUT2D eigenvalue weighted by Gasteiger charge is -2.22. The van der Waals surface area contributed by atoms with Crippen LogP contribution in [0.25, 0.3) is 10.8 Å². The second-order valence-electron chi connectivity index (χ2n) is 7.10. The fourth-order valence-electron chi connectivity index (χ4n) is 3.02. The Balaban J connectivity index is 0.00000320. The summed E-state index contributed by atoms with van der Waals surface area (Å²) in [6.45, 7) is 3.11. The predicted molar refractivity (Wildman–Crippen MR) is 117 cm³/mol. The Morgan fingerprint density at radius 1 is 1.10 bits per heavy atom. The maximum absolute atomic E-state index is 14.3. The Hall–Kier alpha value is -2.13. The van der Waals surface area contributed by atoms with Gasteiger partial charge in [-0.15, -0.1) is 12.4 Å². The van der Waals surface area contributed by atoms with E-state index >= 15 is 0 Å². The molecule has 0 bridgehead atoms. The van der Waals surface area contributed by atoms with Gasteiger partial charge in [0, 0.05) is 30.4 Å². The van der Waals surface area contributed by atoms with Crippen molar-refractivity contribution in [2.45, 2.75) is 37.3 Å². The summed E-state index contributed by atoms with van der Waals surface area (Å²) in [5.41, 5.74) is 1.33. The van der Waals surface area contributed by atoms with E-state index < -0.39 is 28.5 Å². The van der Waals surface area contributed by atoms with Crippen LogP contribution >= 0.6 is 12.4 Å². The molecule has 2 aromatic carbocycles. The zero-order chi connectivity index (χ0) is 21.1. The number of benzene rings is 2. The van der Waals surface area contributed by atoms with Crippen molar-refractivity contribution in [1.29, 1.82) is 0 Å². The lowest BCUT2D eigenvalue weighted by Crippen LogP contribution is -2.47. The van der Waals surface area contributed by atoms with Crippen LogP contribution < -0.4 is 10.0 Å². The average Bonchev–Trinajstić information content (AvgIpc) is 2.67. The number of nitrogens with one attached hydrogen (secondary N) is 2. The molecule has 5 nitrogen and oxygen atoms in total. The smallest absolute Gasteiger partial charge is 0.264 e. The molecule has 162 valence electrons. The second kappa shape index (κ2) is 9.78. The van der Waals surface area contributed by atoms with E-state index in [-0.39, 0.29) is 23.8 Å². The van der Waals surface area contributed by atoms with Gasteiger partial charge in [-0.2, -0.15) is 8.78 Å². The molecule has 3 aromatic rings. The number of hydrogen-bond acceptors (Lipinski definition) is 4. The fourth-order valence-corrected chi connectivity index (χ4v) is 4.29. The van der Waals surface area contributed by atoms with Crippen molar-refractivity contribution in [1.82, 2.24) is 15.0 Å². The zero-order valence-corrected chi connectivity index (χ0v) is 18.2. The number of aryl methyl sites for hydroxylation is 1. The first-order valence-corrected chi connectivity index (χ1v) is 10.7. The predicted octanol–water partition coefficient (Wildman–Crippen LogP) is 4.06. The highest BCUT2D eigenvalue weighted by atomic mass is 35.5. The Kier molecular flexibility index (Phi) is 7.87. The molecule has 1 unspecified atom stereocenters.